The van der Waals surface area contributed by atoms with Gasteiger partial charge in [0.05, 0.1) is 0 Å². The molecule has 0 aromatic heterocycles. The van der Waals surface area contributed by atoms with Gasteiger partial charge >= 0.3 is 105 Å². The van der Waals surface area contributed by atoms with Gasteiger partial charge in [0, 0.05) is 0 Å². The molecule has 0 bridgehead atoms. The summed E-state index contributed by atoms with van der Waals surface area (Å²) in [6.07, 6.45) is 3.07. The Hall–Kier alpha value is -0.851. The Morgan fingerprint density at radius 1 is 1.44 bits per heavy atom. The third-order valence-electron chi connectivity index (χ3n) is 3.30. The monoisotopic (exact) mass is 279 g/mol. The first-order valence-corrected chi connectivity index (χ1v) is 6.50. The molecule has 1 saturated heterocycles. The molecule has 0 radical (unpaired) electrons. The Bertz CT molecular complexity index is 385. The standard InChI is InChI=1S/C14H17NSe/c1-3-7-12-13(10-15(2)14(12)16)11-8-5-4-6-9-11/h3-6,8-9,12-13H,1,7,10H2,2H3. The summed E-state index contributed by atoms with van der Waals surface area (Å²) in [5.41, 5.74) is 1.44. The first-order chi connectivity index (χ1) is 7.74. The van der Waals surface area contributed by atoms with E-state index in [2.05, 4.69) is 64.4 Å². The van der Waals surface area contributed by atoms with Crippen molar-refractivity contribution in [2.45, 2.75) is 12.3 Å². The average Bonchev–Trinajstić information content (AvgIpc) is 2.59. The van der Waals surface area contributed by atoms with E-state index in [1.165, 1.54) is 10.1 Å². The second kappa shape index (κ2) is 4.99. The van der Waals surface area contributed by atoms with Crippen LogP contribution in [0.15, 0.2) is 43.0 Å². The number of allylic oxidation sites excluding steroid dienone is 1. The van der Waals surface area contributed by atoms with Crippen LogP contribution in [-0.2, 0) is 0 Å². The first kappa shape index (κ1) is 11.6. The van der Waals surface area contributed by atoms with Crippen molar-refractivity contribution < 1.29 is 0 Å². The third-order valence-corrected chi connectivity index (χ3v) is 4.59. The number of hydrogen-bond acceptors (Lipinski definition) is 1. The van der Waals surface area contributed by atoms with E-state index in [9.17, 15) is 0 Å². The molecule has 0 amide bonds. The molecular formula is C14H17NSe. The summed E-state index contributed by atoms with van der Waals surface area (Å²) in [5, 5.41) is 0. The predicted octanol–water partition coefficient (Wildman–Crippen LogP) is 2.21. The number of benzene rings is 1. The molecule has 2 atom stereocenters. The maximum atomic E-state index is 3.87. The summed E-state index contributed by atoms with van der Waals surface area (Å²) in [6.45, 7) is 4.97. The fourth-order valence-corrected chi connectivity index (χ4v) is 3.15. The van der Waals surface area contributed by atoms with Crippen LogP contribution in [0, 0.1) is 5.92 Å². The van der Waals surface area contributed by atoms with Gasteiger partial charge in [0.2, 0.25) is 0 Å². The molecule has 0 saturated carbocycles. The van der Waals surface area contributed by atoms with Crippen LogP contribution >= 0.6 is 0 Å². The number of nitrogens with zero attached hydrogens (tertiary/aromatic N) is 1. The number of likely N-dealkylation sites (N-methyl/N-ethyl adjacent to an activating group) is 1. The zero-order valence-electron chi connectivity index (χ0n) is 9.60. The van der Waals surface area contributed by atoms with Gasteiger partial charge in [-0.05, 0) is 0 Å². The molecule has 1 aliphatic heterocycles. The second-order valence-electron chi connectivity index (χ2n) is 4.37. The van der Waals surface area contributed by atoms with Gasteiger partial charge in [0.25, 0.3) is 0 Å². The van der Waals surface area contributed by atoms with Crippen LogP contribution in [0.25, 0.3) is 0 Å². The average molecular weight is 278 g/mol. The van der Waals surface area contributed by atoms with Crippen molar-refractivity contribution in [2.24, 2.45) is 5.92 Å². The third kappa shape index (κ3) is 2.14. The van der Waals surface area contributed by atoms with E-state index in [4.69, 9.17) is 0 Å². The minimum absolute atomic E-state index is 0.574. The van der Waals surface area contributed by atoms with E-state index < -0.39 is 0 Å². The van der Waals surface area contributed by atoms with Gasteiger partial charge < -0.3 is 0 Å². The molecule has 2 unspecified atom stereocenters. The Balaban J connectivity index is 2.27. The van der Waals surface area contributed by atoms with Crippen molar-refractivity contribution in [2.75, 3.05) is 13.6 Å². The molecule has 2 rings (SSSR count). The predicted molar refractivity (Wildman–Crippen MR) is 70.9 cm³/mol. The Kier molecular flexibility index (Phi) is 3.62. The quantitative estimate of drug-likeness (QED) is 0.605. The molecule has 1 fully saturated rings. The van der Waals surface area contributed by atoms with Crippen molar-refractivity contribution >= 4 is 20.1 Å². The number of rotatable bonds is 3. The molecule has 1 aromatic rings. The van der Waals surface area contributed by atoms with Crippen LogP contribution in [0.5, 0.6) is 0 Å². The molecule has 0 N–H and O–H groups in total. The zero-order valence-corrected chi connectivity index (χ0v) is 11.3. The van der Waals surface area contributed by atoms with Gasteiger partial charge in [0.15, 0.2) is 0 Å². The van der Waals surface area contributed by atoms with Gasteiger partial charge in [0.1, 0.15) is 0 Å². The Morgan fingerprint density at radius 3 is 2.75 bits per heavy atom. The maximum absolute atomic E-state index is 3.87. The van der Waals surface area contributed by atoms with Crippen LogP contribution in [0.1, 0.15) is 17.9 Å². The molecular weight excluding hydrogens is 261 g/mol. The molecule has 2 heteroatoms. The summed E-state index contributed by atoms with van der Waals surface area (Å²) in [6, 6.07) is 10.8. The van der Waals surface area contributed by atoms with Crippen molar-refractivity contribution in [3.8, 4) is 0 Å². The number of hydrogen-bond donors (Lipinski definition) is 0. The van der Waals surface area contributed by atoms with Gasteiger partial charge in [-0.3, -0.25) is 0 Å². The van der Waals surface area contributed by atoms with Crippen molar-refractivity contribution in [1.82, 2.24) is 4.90 Å². The van der Waals surface area contributed by atoms with Crippen LogP contribution in [0.4, 0.5) is 0 Å². The van der Waals surface area contributed by atoms with Crippen LogP contribution in [-0.4, -0.2) is 38.6 Å². The van der Waals surface area contributed by atoms with E-state index in [1.54, 1.807) is 0 Å². The normalized spacial score (nSPS) is 24.8. The van der Waals surface area contributed by atoms with Gasteiger partial charge in [-0.15, -0.1) is 0 Å². The SMILES string of the molecule is C=CCC1C(=[Se])N(C)CC1c1ccccc1. The van der Waals surface area contributed by atoms with Crippen molar-refractivity contribution in [3.05, 3.63) is 48.6 Å². The Morgan fingerprint density at radius 2 is 2.12 bits per heavy atom. The van der Waals surface area contributed by atoms with E-state index in [0.717, 1.165) is 13.0 Å². The minimum atomic E-state index is 0.574. The molecule has 1 aliphatic rings. The van der Waals surface area contributed by atoms with E-state index in [0.29, 0.717) is 11.8 Å². The fourth-order valence-electron chi connectivity index (χ4n) is 2.45. The molecule has 0 spiro atoms. The van der Waals surface area contributed by atoms with E-state index in [1.807, 2.05) is 6.08 Å². The summed E-state index contributed by atoms with van der Waals surface area (Å²) in [5.74, 6) is 1.17. The van der Waals surface area contributed by atoms with E-state index >= 15 is 0 Å². The summed E-state index contributed by atoms with van der Waals surface area (Å²) >= 11 is 3.22. The van der Waals surface area contributed by atoms with Crippen LogP contribution in [0.2, 0.25) is 0 Å². The Labute approximate surface area is 106 Å². The van der Waals surface area contributed by atoms with Crippen LogP contribution < -0.4 is 0 Å². The van der Waals surface area contributed by atoms with E-state index in [-0.39, 0.29) is 0 Å². The van der Waals surface area contributed by atoms with Crippen LogP contribution in [0.3, 0.4) is 0 Å². The molecule has 84 valence electrons. The topological polar surface area (TPSA) is 3.24 Å². The summed E-state index contributed by atoms with van der Waals surface area (Å²) in [7, 11) is 2.16. The fraction of sp³-hybridized carbons (Fsp3) is 0.357. The zero-order chi connectivity index (χ0) is 11.5. The van der Waals surface area contributed by atoms with Gasteiger partial charge in [-0.1, -0.05) is 0 Å². The van der Waals surface area contributed by atoms with Crippen molar-refractivity contribution in [1.29, 1.82) is 0 Å². The summed E-state index contributed by atoms with van der Waals surface area (Å²) in [4.78, 5) is 2.33. The summed E-state index contributed by atoms with van der Waals surface area (Å²) < 4.78 is 1.37. The molecule has 1 heterocycles. The molecule has 0 aliphatic carbocycles. The molecule has 1 aromatic carbocycles. The molecule has 1 nitrogen and oxygen atoms in total. The first-order valence-electron chi connectivity index (χ1n) is 5.65. The van der Waals surface area contributed by atoms with Gasteiger partial charge in [-0.2, -0.15) is 0 Å². The van der Waals surface area contributed by atoms with Gasteiger partial charge in [-0.25, -0.2) is 0 Å². The second-order valence-corrected chi connectivity index (χ2v) is 5.24. The number of likely N-dealkylation sites (tertiary alicyclic amines) is 1. The molecule has 16 heavy (non-hydrogen) atoms. The van der Waals surface area contributed by atoms with Crippen molar-refractivity contribution in [3.63, 3.8) is 0 Å².